The quantitative estimate of drug-likeness (QED) is 0.252. The monoisotopic (exact) mass is 636 g/mol. The van der Waals surface area contributed by atoms with Crippen LogP contribution in [-0.4, -0.2) is 29.0 Å². The molecule has 0 aromatic heterocycles. The molecule has 0 heterocycles. The number of hydrogen-bond donors (Lipinski definition) is 0. The van der Waals surface area contributed by atoms with Crippen molar-refractivity contribution in [1.82, 2.24) is 0 Å². The topological polar surface area (TPSA) is 0 Å². The van der Waals surface area contributed by atoms with E-state index in [2.05, 4.69) is 95.6 Å². The third kappa shape index (κ3) is 6.76. The molecule has 0 N–H and O–H groups in total. The van der Waals surface area contributed by atoms with E-state index in [1.54, 1.807) is 0 Å². The minimum atomic E-state index is 0.560. The summed E-state index contributed by atoms with van der Waals surface area (Å²) in [6.45, 7) is 0. The van der Waals surface area contributed by atoms with Crippen LogP contribution in [0.2, 0.25) is 0 Å². The van der Waals surface area contributed by atoms with Crippen LogP contribution in [0.4, 0.5) is 0 Å². The van der Waals surface area contributed by atoms with Gasteiger partial charge in [0.15, 0.2) is 0 Å². The van der Waals surface area contributed by atoms with Gasteiger partial charge >= 0.3 is 0 Å². The first-order valence-electron chi connectivity index (χ1n) is 6.26. The van der Waals surface area contributed by atoms with Gasteiger partial charge in [-0.1, -0.05) is 95.6 Å². The molecule has 0 spiro atoms. The SMILES string of the molecule is Br[C@@H]1CC[C@@H](Br)[C@@H](Br)CC[C@H](Br)[C@@H](Br)CC[C@H]1Br. The zero-order valence-electron chi connectivity index (χ0n) is 9.97. The van der Waals surface area contributed by atoms with Gasteiger partial charge in [0.05, 0.1) is 0 Å². The largest absolute Gasteiger partial charge is 0.0879 e. The molecule has 0 bridgehead atoms. The summed E-state index contributed by atoms with van der Waals surface area (Å²) in [7, 11) is 0. The number of alkyl halides is 6. The average molecular weight is 642 g/mol. The van der Waals surface area contributed by atoms with E-state index in [1.165, 1.54) is 38.5 Å². The second-order valence-corrected chi connectivity index (χ2v) is 11.9. The molecule has 0 aromatic rings. The molecule has 0 unspecified atom stereocenters. The van der Waals surface area contributed by atoms with E-state index in [0.717, 1.165) is 0 Å². The van der Waals surface area contributed by atoms with Crippen LogP contribution in [0.1, 0.15) is 38.5 Å². The normalized spacial score (nSPS) is 45.0. The minimum absolute atomic E-state index is 0.560. The number of hydrogen-bond acceptors (Lipinski definition) is 0. The molecule has 0 radical (unpaired) electrons. The summed E-state index contributed by atoms with van der Waals surface area (Å²) in [5, 5.41) is 0. The Balaban J connectivity index is 2.61. The first kappa shape index (κ1) is 18.9. The van der Waals surface area contributed by atoms with E-state index >= 15 is 0 Å². The highest BCUT2D eigenvalue weighted by molar-refractivity contribution is 9.13. The van der Waals surface area contributed by atoms with E-state index < -0.39 is 0 Å². The molecule has 0 aromatic carbocycles. The lowest BCUT2D eigenvalue weighted by Gasteiger charge is -2.25. The van der Waals surface area contributed by atoms with E-state index in [0.29, 0.717) is 29.0 Å². The maximum Gasteiger partial charge on any atom is 0.0271 e. The van der Waals surface area contributed by atoms with Gasteiger partial charge in [-0.15, -0.1) is 0 Å². The highest BCUT2D eigenvalue weighted by atomic mass is 79.9. The Labute approximate surface area is 161 Å². The van der Waals surface area contributed by atoms with Crippen LogP contribution in [0.25, 0.3) is 0 Å². The summed E-state index contributed by atoms with van der Waals surface area (Å²) < 4.78 is 0. The van der Waals surface area contributed by atoms with Crippen molar-refractivity contribution in [2.75, 3.05) is 0 Å². The Morgan fingerprint density at radius 3 is 0.556 bits per heavy atom. The van der Waals surface area contributed by atoms with Crippen LogP contribution in [-0.2, 0) is 0 Å². The van der Waals surface area contributed by atoms with Crippen molar-refractivity contribution in [3.63, 3.8) is 0 Å². The predicted octanol–water partition coefficient (Wildman–Crippen LogP) is 6.92. The molecule has 1 aliphatic rings. The van der Waals surface area contributed by atoms with Crippen molar-refractivity contribution < 1.29 is 0 Å². The Hall–Kier alpha value is 2.88. The molecular formula is C12H18Br6. The molecule has 1 aliphatic carbocycles. The molecule has 0 amide bonds. The number of halogens is 6. The van der Waals surface area contributed by atoms with Crippen LogP contribution in [0, 0.1) is 0 Å². The van der Waals surface area contributed by atoms with Crippen LogP contribution in [0.5, 0.6) is 0 Å². The lowest BCUT2D eigenvalue weighted by Crippen LogP contribution is -2.25. The Morgan fingerprint density at radius 1 is 0.333 bits per heavy atom. The molecule has 1 rings (SSSR count). The molecule has 0 aliphatic heterocycles. The number of rotatable bonds is 0. The summed E-state index contributed by atoms with van der Waals surface area (Å²) in [5.74, 6) is 0. The first-order chi connectivity index (χ1) is 8.41. The summed E-state index contributed by atoms with van der Waals surface area (Å²) in [6.07, 6.45) is 7.24. The molecule has 0 saturated heterocycles. The predicted molar refractivity (Wildman–Crippen MR) is 104 cm³/mol. The van der Waals surface area contributed by atoms with E-state index in [1.807, 2.05) is 0 Å². The Bertz CT molecular complexity index is 175. The van der Waals surface area contributed by atoms with Crippen LogP contribution < -0.4 is 0 Å². The second kappa shape index (κ2) is 9.81. The van der Waals surface area contributed by atoms with Crippen molar-refractivity contribution in [3.8, 4) is 0 Å². The third-order valence-electron chi connectivity index (χ3n) is 3.33. The second-order valence-electron chi connectivity index (χ2n) is 4.83. The van der Waals surface area contributed by atoms with Crippen molar-refractivity contribution in [2.45, 2.75) is 67.5 Å². The van der Waals surface area contributed by atoms with Gasteiger partial charge in [0.1, 0.15) is 0 Å². The minimum Gasteiger partial charge on any atom is -0.0879 e. The fraction of sp³-hybridized carbons (Fsp3) is 1.00. The van der Waals surface area contributed by atoms with Gasteiger partial charge in [-0.05, 0) is 38.5 Å². The van der Waals surface area contributed by atoms with Crippen molar-refractivity contribution in [3.05, 3.63) is 0 Å². The van der Waals surface area contributed by atoms with Gasteiger partial charge in [0.25, 0.3) is 0 Å². The van der Waals surface area contributed by atoms with Crippen molar-refractivity contribution >= 4 is 95.6 Å². The fourth-order valence-electron chi connectivity index (χ4n) is 2.04. The van der Waals surface area contributed by atoms with Gasteiger partial charge in [-0.2, -0.15) is 0 Å². The summed E-state index contributed by atoms with van der Waals surface area (Å²) >= 11 is 22.9. The fourth-order valence-corrected chi connectivity index (χ4v) is 5.21. The Kier molecular flexibility index (Phi) is 10.3. The van der Waals surface area contributed by atoms with Gasteiger partial charge < -0.3 is 0 Å². The van der Waals surface area contributed by atoms with Gasteiger partial charge in [-0.25, -0.2) is 0 Å². The maximum absolute atomic E-state index is 3.82. The molecule has 0 nitrogen and oxygen atoms in total. The zero-order chi connectivity index (χ0) is 13.7. The maximum atomic E-state index is 3.82. The summed E-state index contributed by atoms with van der Waals surface area (Å²) in [4.78, 5) is 3.36. The van der Waals surface area contributed by atoms with Crippen LogP contribution in [0.3, 0.4) is 0 Å². The average Bonchev–Trinajstić information content (AvgIpc) is 2.36. The summed E-state index contributed by atoms with van der Waals surface area (Å²) in [6, 6.07) is 0. The molecular weight excluding hydrogens is 624 g/mol. The molecule has 108 valence electrons. The molecule has 1 saturated carbocycles. The van der Waals surface area contributed by atoms with Crippen LogP contribution >= 0.6 is 95.6 Å². The molecule has 6 heteroatoms. The highest BCUT2D eigenvalue weighted by Gasteiger charge is 2.25. The Morgan fingerprint density at radius 2 is 0.444 bits per heavy atom. The van der Waals surface area contributed by atoms with E-state index in [4.69, 9.17) is 0 Å². The van der Waals surface area contributed by atoms with Gasteiger partial charge in [0.2, 0.25) is 0 Å². The lowest BCUT2D eigenvalue weighted by molar-refractivity contribution is 0.557. The first-order valence-corrected chi connectivity index (χ1v) is 11.8. The summed E-state index contributed by atoms with van der Waals surface area (Å²) in [5.41, 5.74) is 0. The van der Waals surface area contributed by atoms with Crippen LogP contribution in [0.15, 0.2) is 0 Å². The van der Waals surface area contributed by atoms with E-state index in [9.17, 15) is 0 Å². The smallest absolute Gasteiger partial charge is 0.0271 e. The van der Waals surface area contributed by atoms with Crippen molar-refractivity contribution in [1.29, 1.82) is 0 Å². The van der Waals surface area contributed by atoms with Gasteiger partial charge in [-0.3, -0.25) is 0 Å². The molecule has 1 fully saturated rings. The third-order valence-corrected chi connectivity index (χ3v) is 12.0. The standard InChI is InChI=1S/C12H18Br6/c13-7-1-2-8(14)10(16)5-6-12(18)11(17)4-3-9(7)15/h7-12H,1-6H2/t7-,8-,9-,10+,11+,12+. The molecule has 6 atom stereocenters. The molecule has 18 heavy (non-hydrogen) atoms. The van der Waals surface area contributed by atoms with Gasteiger partial charge in [0, 0.05) is 29.0 Å². The lowest BCUT2D eigenvalue weighted by atomic mass is 10.0. The van der Waals surface area contributed by atoms with Crippen molar-refractivity contribution in [2.24, 2.45) is 0 Å². The zero-order valence-corrected chi connectivity index (χ0v) is 19.5. The van der Waals surface area contributed by atoms with E-state index in [-0.39, 0.29) is 0 Å². The highest BCUT2D eigenvalue weighted by Crippen LogP contribution is 2.34.